The second kappa shape index (κ2) is 7.48. The summed E-state index contributed by atoms with van der Waals surface area (Å²) in [6, 6.07) is 17.6. The van der Waals surface area contributed by atoms with Crippen LogP contribution in [0.4, 0.5) is 5.69 Å². The molecular formula is C20H17N3O3. The summed E-state index contributed by atoms with van der Waals surface area (Å²) in [5.41, 5.74) is 3.99. The van der Waals surface area contributed by atoms with E-state index in [1.807, 2.05) is 12.1 Å². The van der Waals surface area contributed by atoms with E-state index in [0.717, 1.165) is 10.9 Å². The van der Waals surface area contributed by atoms with Gasteiger partial charge in [-0.25, -0.2) is 5.43 Å². The lowest BCUT2D eigenvalue weighted by molar-refractivity contribution is -0.114. The molecule has 0 heterocycles. The van der Waals surface area contributed by atoms with Gasteiger partial charge in [-0.05, 0) is 29.1 Å². The highest BCUT2D eigenvalue weighted by Gasteiger charge is 2.12. The third-order valence-corrected chi connectivity index (χ3v) is 3.76. The van der Waals surface area contributed by atoms with Gasteiger partial charge in [0.15, 0.2) is 0 Å². The van der Waals surface area contributed by atoms with E-state index >= 15 is 0 Å². The molecule has 130 valence electrons. The maximum atomic E-state index is 12.2. The zero-order valence-corrected chi connectivity index (χ0v) is 14.1. The second-order valence-corrected chi connectivity index (χ2v) is 5.69. The highest BCUT2D eigenvalue weighted by Crippen LogP contribution is 2.28. The molecule has 3 rings (SSSR count). The van der Waals surface area contributed by atoms with Crippen molar-refractivity contribution in [2.75, 3.05) is 5.32 Å². The van der Waals surface area contributed by atoms with Crippen LogP contribution >= 0.6 is 0 Å². The standard InChI is InChI=1S/C20H17N3O3/c1-13(24)22-16-9-6-14(7-10-16)12-21-23-20(26)18-11-8-15-4-2-3-5-17(15)19(18)25/h2-12,25H,1H3,(H,22,24)(H,23,26). The molecule has 0 atom stereocenters. The molecule has 0 aliphatic carbocycles. The molecule has 0 aliphatic rings. The Bertz CT molecular complexity index is 995. The van der Waals surface area contributed by atoms with Crippen molar-refractivity contribution in [3.63, 3.8) is 0 Å². The van der Waals surface area contributed by atoms with Gasteiger partial charge < -0.3 is 10.4 Å². The van der Waals surface area contributed by atoms with Crippen molar-refractivity contribution >= 4 is 34.5 Å². The lowest BCUT2D eigenvalue weighted by atomic mass is 10.1. The minimum absolute atomic E-state index is 0.0736. The molecule has 6 nitrogen and oxygen atoms in total. The third-order valence-electron chi connectivity index (χ3n) is 3.76. The number of hydrazone groups is 1. The van der Waals surface area contributed by atoms with E-state index in [-0.39, 0.29) is 17.2 Å². The van der Waals surface area contributed by atoms with Crippen molar-refractivity contribution in [2.45, 2.75) is 6.92 Å². The summed E-state index contributed by atoms with van der Waals surface area (Å²) in [5.74, 6) is -0.719. The van der Waals surface area contributed by atoms with Crippen LogP contribution in [0.1, 0.15) is 22.8 Å². The number of amides is 2. The van der Waals surface area contributed by atoms with Gasteiger partial charge in [0.2, 0.25) is 5.91 Å². The van der Waals surface area contributed by atoms with E-state index in [1.165, 1.54) is 13.1 Å². The number of aromatic hydroxyl groups is 1. The van der Waals surface area contributed by atoms with Gasteiger partial charge in [-0.2, -0.15) is 5.10 Å². The summed E-state index contributed by atoms with van der Waals surface area (Å²) in [5, 5.41) is 18.3. The van der Waals surface area contributed by atoms with E-state index in [4.69, 9.17) is 0 Å². The number of nitrogens with one attached hydrogen (secondary N) is 2. The summed E-state index contributed by atoms with van der Waals surface area (Å²) >= 11 is 0. The maximum absolute atomic E-state index is 12.2. The zero-order valence-electron chi connectivity index (χ0n) is 14.1. The van der Waals surface area contributed by atoms with Crippen LogP contribution in [0.2, 0.25) is 0 Å². The highest BCUT2D eigenvalue weighted by molar-refractivity contribution is 6.03. The van der Waals surface area contributed by atoms with Crippen molar-refractivity contribution < 1.29 is 14.7 Å². The molecular weight excluding hydrogens is 330 g/mol. The molecule has 0 aromatic heterocycles. The minimum Gasteiger partial charge on any atom is -0.506 e. The van der Waals surface area contributed by atoms with Crippen LogP contribution in [0.5, 0.6) is 5.75 Å². The monoisotopic (exact) mass is 347 g/mol. The number of hydrogen-bond donors (Lipinski definition) is 3. The molecule has 2 amide bonds. The van der Waals surface area contributed by atoms with Crippen molar-refractivity contribution in [1.82, 2.24) is 5.43 Å². The summed E-state index contributed by atoms with van der Waals surface area (Å²) in [7, 11) is 0. The molecule has 0 saturated carbocycles. The Labute approximate surface area is 150 Å². The SMILES string of the molecule is CC(=O)Nc1ccc(C=NNC(=O)c2ccc3ccccc3c2O)cc1. The number of anilines is 1. The van der Waals surface area contributed by atoms with E-state index in [9.17, 15) is 14.7 Å². The zero-order chi connectivity index (χ0) is 18.5. The number of phenols is 1. The molecule has 0 fully saturated rings. The molecule has 3 aromatic rings. The molecule has 0 bridgehead atoms. The van der Waals surface area contributed by atoms with Crippen LogP contribution in [-0.4, -0.2) is 23.1 Å². The smallest absolute Gasteiger partial charge is 0.275 e. The Hall–Kier alpha value is -3.67. The number of benzene rings is 3. The number of fused-ring (bicyclic) bond motifs is 1. The number of phenolic OH excluding ortho intramolecular Hbond substituents is 1. The van der Waals surface area contributed by atoms with Crippen molar-refractivity contribution in [3.8, 4) is 5.75 Å². The number of carbonyl (C=O) groups is 2. The summed E-state index contributed by atoms with van der Waals surface area (Å²) in [6.45, 7) is 1.44. The molecule has 0 spiro atoms. The lowest BCUT2D eigenvalue weighted by Gasteiger charge is -2.06. The normalized spacial score (nSPS) is 10.8. The summed E-state index contributed by atoms with van der Waals surface area (Å²) in [4.78, 5) is 23.2. The van der Waals surface area contributed by atoms with Crippen molar-refractivity contribution in [2.24, 2.45) is 5.10 Å². The van der Waals surface area contributed by atoms with Gasteiger partial charge in [-0.3, -0.25) is 9.59 Å². The fourth-order valence-corrected chi connectivity index (χ4v) is 2.52. The maximum Gasteiger partial charge on any atom is 0.275 e. The molecule has 3 N–H and O–H groups in total. The predicted octanol–water partition coefficient (Wildman–Crippen LogP) is 3.27. The average molecular weight is 347 g/mol. The predicted molar refractivity (Wildman–Crippen MR) is 101 cm³/mol. The number of nitrogens with zero attached hydrogens (tertiary/aromatic N) is 1. The van der Waals surface area contributed by atoms with Crippen LogP contribution in [-0.2, 0) is 4.79 Å². The summed E-state index contributed by atoms with van der Waals surface area (Å²) in [6.07, 6.45) is 1.48. The Morgan fingerprint density at radius 3 is 2.46 bits per heavy atom. The largest absolute Gasteiger partial charge is 0.506 e. The minimum atomic E-state index is -0.501. The second-order valence-electron chi connectivity index (χ2n) is 5.69. The average Bonchev–Trinajstić information content (AvgIpc) is 2.63. The molecule has 6 heteroatoms. The van der Waals surface area contributed by atoms with Crippen LogP contribution in [0.3, 0.4) is 0 Å². The van der Waals surface area contributed by atoms with E-state index in [1.54, 1.807) is 48.5 Å². The van der Waals surface area contributed by atoms with Gasteiger partial charge >= 0.3 is 0 Å². The first-order valence-electron chi connectivity index (χ1n) is 7.96. The molecule has 0 unspecified atom stereocenters. The summed E-state index contributed by atoms with van der Waals surface area (Å²) < 4.78 is 0. The van der Waals surface area contributed by atoms with Crippen molar-refractivity contribution in [3.05, 3.63) is 71.8 Å². The van der Waals surface area contributed by atoms with Gasteiger partial charge in [0.25, 0.3) is 5.91 Å². The van der Waals surface area contributed by atoms with Gasteiger partial charge in [0, 0.05) is 18.0 Å². The molecule has 3 aromatic carbocycles. The van der Waals surface area contributed by atoms with E-state index in [0.29, 0.717) is 11.1 Å². The van der Waals surface area contributed by atoms with Gasteiger partial charge in [0.05, 0.1) is 11.8 Å². The van der Waals surface area contributed by atoms with Gasteiger partial charge in [0.1, 0.15) is 5.75 Å². The topological polar surface area (TPSA) is 90.8 Å². The first-order chi connectivity index (χ1) is 12.5. The van der Waals surface area contributed by atoms with Crippen LogP contribution in [0.15, 0.2) is 65.8 Å². The first kappa shape index (κ1) is 17.2. The highest BCUT2D eigenvalue weighted by atomic mass is 16.3. The molecule has 0 radical (unpaired) electrons. The van der Waals surface area contributed by atoms with E-state index < -0.39 is 5.91 Å². The molecule has 0 saturated heterocycles. The fourth-order valence-electron chi connectivity index (χ4n) is 2.52. The fraction of sp³-hybridized carbons (Fsp3) is 0.0500. The Morgan fingerprint density at radius 1 is 1.00 bits per heavy atom. The van der Waals surface area contributed by atoms with Crippen molar-refractivity contribution in [1.29, 1.82) is 0 Å². The number of hydrogen-bond acceptors (Lipinski definition) is 4. The first-order valence-corrected chi connectivity index (χ1v) is 7.96. The van der Waals surface area contributed by atoms with Crippen LogP contribution < -0.4 is 10.7 Å². The van der Waals surface area contributed by atoms with Gasteiger partial charge in [-0.1, -0.05) is 42.5 Å². The quantitative estimate of drug-likeness (QED) is 0.500. The van der Waals surface area contributed by atoms with E-state index in [2.05, 4.69) is 15.8 Å². The number of carbonyl (C=O) groups excluding carboxylic acids is 2. The number of rotatable bonds is 4. The molecule has 26 heavy (non-hydrogen) atoms. The molecule has 0 aliphatic heterocycles. The van der Waals surface area contributed by atoms with Crippen LogP contribution in [0, 0.1) is 0 Å². The van der Waals surface area contributed by atoms with Gasteiger partial charge in [-0.15, -0.1) is 0 Å². The lowest BCUT2D eigenvalue weighted by Crippen LogP contribution is -2.17. The van der Waals surface area contributed by atoms with Crippen LogP contribution in [0.25, 0.3) is 10.8 Å². The Morgan fingerprint density at radius 2 is 1.73 bits per heavy atom. The Kier molecular flexibility index (Phi) is 4.94. The third kappa shape index (κ3) is 3.87. The Balaban J connectivity index is 1.69.